The molecule has 0 amide bonds. The molecular weight excluding hydrogens is 472 g/mol. The van der Waals surface area contributed by atoms with Crippen molar-refractivity contribution in [1.82, 2.24) is 0 Å². The number of para-hydroxylation sites is 2. The molecule has 2 rings (SSSR count). The van der Waals surface area contributed by atoms with E-state index in [9.17, 15) is 0 Å². The molecule has 2 aromatic carbocycles. The number of hydrogen-bond donors (Lipinski definition) is 0. The average Bonchev–Trinajstić information content (AvgIpc) is 2.72. The van der Waals surface area contributed by atoms with Gasteiger partial charge in [-0.1, -0.05) is 12.1 Å². The van der Waals surface area contributed by atoms with Gasteiger partial charge in [-0.25, -0.2) is 0 Å². The van der Waals surface area contributed by atoms with Crippen molar-refractivity contribution in [3.8, 4) is 23.0 Å². The van der Waals surface area contributed by atoms with Crippen LogP contribution in [0.5, 0.6) is 23.0 Å². The Morgan fingerprint density at radius 3 is 1.15 bits per heavy atom. The van der Waals surface area contributed by atoms with Crippen molar-refractivity contribution < 1.29 is 28.7 Å². The number of hydrogen-bond acceptors (Lipinski definition) is 8. The lowest BCUT2D eigenvalue weighted by atomic mass is 10.2. The van der Waals surface area contributed by atoms with Gasteiger partial charge >= 0.3 is 0 Å². The van der Waals surface area contributed by atoms with E-state index in [1.165, 1.54) is 0 Å². The van der Waals surface area contributed by atoms with Crippen molar-refractivity contribution in [1.29, 1.82) is 0 Å². The molecule has 8 heteroatoms. The molecular formula is C26H34O6S2. The van der Waals surface area contributed by atoms with Crippen molar-refractivity contribution in [2.24, 2.45) is 0 Å². The highest BCUT2D eigenvalue weighted by Crippen LogP contribution is 2.35. The minimum absolute atomic E-state index is 0.0391. The topological polar surface area (TPSA) is 55.4 Å². The fraction of sp³-hybridized carbons (Fsp3) is 0.462. The van der Waals surface area contributed by atoms with E-state index in [1.807, 2.05) is 79.7 Å². The quantitative estimate of drug-likeness (QED) is 0.197. The van der Waals surface area contributed by atoms with E-state index in [1.54, 1.807) is 12.1 Å². The van der Waals surface area contributed by atoms with Gasteiger partial charge in [0.05, 0.1) is 35.5 Å². The summed E-state index contributed by atoms with van der Waals surface area (Å²) in [6.07, 6.45) is -0.273. The third-order valence-electron chi connectivity index (χ3n) is 4.02. The third kappa shape index (κ3) is 8.02. The largest absolute Gasteiger partial charge is 0.487 e. The molecule has 0 unspecified atom stereocenters. The minimum atomic E-state index is -0.0973. The normalized spacial score (nSPS) is 11.1. The van der Waals surface area contributed by atoms with Crippen molar-refractivity contribution >= 4 is 34.5 Å². The highest BCUT2D eigenvalue weighted by molar-refractivity contribution is 7.80. The Labute approximate surface area is 213 Å². The Morgan fingerprint density at radius 2 is 0.853 bits per heavy atom. The smallest absolute Gasteiger partial charge is 0.253 e. The van der Waals surface area contributed by atoms with Gasteiger partial charge in [0.25, 0.3) is 10.1 Å². The number of thiocarbonyl (C=S) groups is 2. The molecule has 0 aliphatic rings. The minimum Gasteiger partial charge on any atom is -0.487 e. The highest BCUT2D eigenvalue weighted by Gasteiger charge is 2.22. The zero-order valence-electron chi connectivity index (χ0n) is 21.0. The summed E-state index contributed by atoms with van der Waals surface area (Å²) in [5.74, 6) is 2.12. The second kappa shape index (κ2) is 12.8. The Bertz CT molecular complexity index is 906. The molecule has 6 nitrogen and oxygen atoms in total. The molecule has 0 aliphatic heterocycles. The van der Waals surface area contributed by atoms with Gasteiger partial charge in [-0.15, -0.1) is 0 Å². The van der Waals surface area contributed by atoms with E-state index in [0.717, 1.165) is 0 Å². The summed E-state index contributed by atoms with van der Waals surface area (Å²) in [7, 11) is 0. The van der Waals surface area contributed by atoms with Crippen molar-refractivity contribution in [3.63, 3.8) is 0 Å². The van der Waals surface area contributed by atoms with Gasteiger partial charge in [0.2, 0.25) is 0 Å². The summed E-state index contributed by atoms with van der Waals surface area (Å²) < 4.78 is 23.8. The molecule has 0 saturated carbocycles. The van der Waals surface area contributed by atoms with E-state index in [-0.39, 0.29) is 34.5 Å². The van der Waals surface area contributed by atoms with Crippen LogP contribution in [0.15, 0.2) is 36.4 Å². The Balaban J connectivity index is 2.28. The van der Waals surface area contributed by atoms with Crippen LogP contribution < -0.4 is 18.9 Å². The van der Waals surface area contributed by atoms with E-state index < -0.39 is 0 Å². The molecule has 34 heavy (non-hydrogen) atoms. The number of ether oxygens (including phenoxy) is 4. The van der Waals surface area contributed by atoms with Crippen molar-refractivity contribution in [2.45, 2.75) is 79.8 Å². The van der Waals surface area contributed by atoms with Crippen LogP contribution in [0.4, 0.5) is 0 Å². The van der Waals surface area contributed by atoms with E-state index in [2.05, 4.69) is 0 Å². The summed E-state index contributed by atoms with van der Waals surface area (Å²) >= 11 is 11.0. The van der Waals surface area contributed by atoms with Crippen LogP contribution in [0.3, 0.4) is 0 Å². The van der Waals surface area contributed by atoms with Crippen LogP contribution in [0.2, 0.25) is 0 Å². The molecule has 0 N–H and O–H groups in total. The van der Waals surface area contributed by atoms with Crippen LogP contribution in [0.1, 0.15) is 66.5 Å². The van der Waals surface area contributed by atoms with E-state index >= 15 is 0 Å². The number of benzene rings is 2. The Hall–Kier alpha value is -2.58. The lowest BCUT2D eigenvalue weighted by Gasteiger charge is -2.21. The summed E-state index contributed by atoms with van der Waals surface area (Å²) in [5, 5.41) is 0.126. The molecule has 0 atom stereocenters. The average molecular weight is 507 g/mol. The molecule has 0 aromatic heterocycles. The lowest BCUT2D eigenvalue weighted by Crippen LogP contribution is -2.17. The molecule has 0 radical (unpaired) electrons. The zero-order valence-corrected chi connectivity index (χ0v) is 22.7. The summed E-state index contributed by atoms with van der Waals surface area (Å²) in [5.41, 5.74) is 1.06. The van der Waals surface area contributed by atoms with Gasteiger partial charge in [-0.05, 0) is 104 Å². The molecule has 0 heterocycles. The molecule has 186 valence electrons. The third-order valence-corrected chi connectivity index (χ3v) is 4.60. The Kier molecular flexibility index (Phi) is 10.4. The highest BCUT2D eigenvalue weighted by atomic mass is 32.1. The van der Waals surface area contributed by atoms with E-state index in [4.69, 9.17) is 53.2 Å². The van der Waals surface area contributed by atoms with Gasteiger partial charge in [0.15, 0.2) is 23.0 Å². The maximum Gasteiger partial charge on any atom is 0.253 e. The van der Waals surface area contributed by atoms with Crippen LogP contribution in [-0.4, -0.2) is 34.5 Å². The van der Waals surface area contributed by atoms with Gasteiger partial charge in [0, 0.05) is 0 Å². The van der Waals surface area contributed by atoms with Gasteiger partial charge in [0.1, 0.15) is 0 Å². The van der Waals surface area contributed by atoms with E-state index in [0.29, 0.717) is 34.1 Å². The summed E-state index contributed by atoms with van der Waals surface area (Å²) in [4.78, 5) is 10.9. The summed E-state index contributed by atoms with van der Waals surface area (Å²) in [6, 6.07) is 10.8. The molecule has 0 bridgehead atoms. The first-order valence-corrected chi connectivity index (χ1v) is 12.2. The van der Waals surface area contributed by atoms with Crippen molar-refractivity contribution in [2.75, 3.05) is 0 Å². The molecule has 0 saturated heterocycles. The fourth-order valence-electron chi connectivity index (χ4n) is 2.93. The molecule has 0 fully saturated rings. The zero-order chi connectivity index (χ0) is 25.4. The predicted molar refractivity (Wildman–Crippen MR) is 142 cm³/mol. The molecule has 2 aromatic rings. The fourth-order valence-corrected chi connectivity index (χ4v) is 3.32. The van der Waals surface area contributed by atoms with Crippen LogP contribution >= 0.6 is 24.4 Å². The second-order valence-electron chi connectivity index (χ2n) is 8.67. The standard InChI is InChI=1S/C26H34O6S2/c1-15(2)27-21-13-9-11-19(23(21)29-17(5)6)25(33)31-32-26(34)20-12-10-14-22(28-16(3)4)24(20)30-18(7)8/h9-18H,1-8H3. The first-order valence-electron chi connectivity index (χ1n) is 11.3. The SMILES string of the molecule is CC(C)Oc1cccc(C(=S)OOC(=S)c2cccc(OC(C)C)c2OC(C)C)c1OC(C)C. The first-order chi connectivity index (χ1) is 16.0. The number of rotatable bonds is 10. The maximum absolute atomic E-state index is 5.99. The second-order valence-corrected chi connectivity index (χ2v) is 9.42. The summed E-state index contributed by atoms with van der Waals surface area (Å²) in [6.45, 7) is 15.5. The van der Waals surface area contributed by atoms with Gasteiger partial charge in [-0.2, -0.15) is 0 Å². The van der Waals surface area contributed by atoms with Crippen LogP contribution in [-0.2, 0) is 9.78 Å². The van der Waals surface area contributed by atoms with Crippen molar-refractivity contribution in [3.05, 3.63) is 47.5 Å². The van der Waals surface area contributed by atoms with Crippen LogP contribution in [0, 0.1) is 0 Å². The van der Waals surface area contributed by atoms with Crippen LogP contribution in [0.25, 0.3) is 0 Å². The monoisotopic (exact) mass is 506 g/mol. The van der Waals surface area contributed by atoms with Gasteiger partial charge < -0.3 is 18.9 Å². The lowest BCUT2D eigenvalue weighted by molar-refractivity contribution is -0.125. The molecule has 0 spiro atoms. The van der Waals surface area contributed by atoms with Gasteiger partial charge in [-0.3, -0.25) is 9.78 Å². The maximum atomic E-state index is 5.99. The predicted octanol–water partition coefficient (Wildman–Crippen LogP) is 6.83. The first kappa shape index (κ1) is 27.7. The Morgan fingerprint density at radius 1 is 0.529 bits per heavy atom. The molecule has 0 aliphatic carbocycles.